The summed E-state index contributed by atoms with van der Waals surface area (Å²) in [6.45, 7) is 2.63. The molecule has 0 bridgehead atoms. The number of nitrogens with zero attached hydrogens (tertiary/aromatic N) is 3. The van der Waals surface area contributed by atoms with E-state index in [0.717, 1.165) is 19.3 Å². The highest BCUT2D eigenvalue weighted by molar-refractivity contribution is 7.89. The van der Waals surface area contributed by atoms with Crippen LogP contribution in [0.3, 0.4) is 0 Å². The molecule has 0 spiro atoms. The van der Waals surface area contributed by atoms with Crippen molar-refractivity contribution in [1.82, 2.24) is 14.5 Å². The van der Waals surface area contributed by atoms with Gasteiger partial charge in [0, 0.05) is 19.1 Å². The fourth-order valence-corrected chi connectivity index (χ4v) is 3.75. The summed E-state index contributed by atoms with van der Waals surface area (Å²) in [4.78, 5) is 0. The van der Waals surface area contributed by atoms with E-state index in [1.54, 1.807) is 13.0 Å². The summed E-state index contributed by atoms with van der Waals surface area (Å²) in [5, 5.41) is 7.59. The van der Waals surface area contributed by atoms with E-state index in [2.05, 4.69) is 10.2 Å². The van der Waals surface area contributed by atoms with Crippen molar-refractivity contribution in [2.45, 2.75) is 37.3 Å². The van der Waals surface area contributed by atoms with Crippen molar-refractivity contribution in [1.29, 1.82) is 0 Å². The number of rotatable bonds is 3. The summed E-state index contributed by atoms with van der Waals surface area (Å²) in [6, 6.07) is 3.04. The van der Waals surface area contributed by atoms with E-state index < -0.39 is 10.0 Å². The van der Waals surface area contributed by atoms with Crippen LogP contribution in [-0.2, 0) is 10.0 Å². The second-order valence-electron chi connectivity index (χ2n) is 4.51. The van der Waals surface area contributed by atoms with E-state index in [4.69, 9.17) is 5.73 Å². The number of hydrogen-bond donors (Lipinski definition) is 1. The number of piperidine rings is 1. The Labute approximate surface area is 107 Å². The largest absolute Gasteiger partial charge is 0.329 e. The van der Waals surface area contributed by atoms with Gasteiger partial charge >= 0.3 is 0 Å². The first-order valence-corrected chi connectivity index (χ1v) is 7.52. The Kier molecular flexibility index (Phi) is 3.94. The minimum absolute atomic E-state index is 0.00782. The number of aryl methyl sites for hydroxylation is 1. The highest BCUT2D eigenvalue weighted by Crippen LogP contribution is 2.23. The van der Waals surface area contributed by atoms with Gasteiger partial charge in [-0.3, -0.25) is 0 Å². The molecule has 1 aromatic heterocycles. The Morgan fingerprint density at radius 1 is 1.39 bits per heavy atom. The molecular weight excluding hydrogens is 252 g/mol. The van der Waals surface area contributed by atoms with Crippen LogP contribution in [0.25, 0.3) is 0 Å². The Hall–Kier alpha value is -1.05. The lowest BCUT2D eigenvalue weighted by Gasteiger charge is -2.33. The monoisotopic (exact) mass is 270 g/mol. The van der Waals surface area contributed by atoms with Gasteiger partial charge in [0.25, 0.3) is 10.0 Å². The number of nitrogens with two attached hydrogens (primary N) is 1. The standard InChI is InChI=1S/C11H18N4O2S/c1-9-5-6-11(14-13-9)18(16,17)15-7-3-2-4-10(15)8-12/h5-6,10H,2-4,7-8,12H2,1H3. The van der Waals surface area contributed by atoms with Gasteiger partial charge in [-0.15, -0.1) is 5.10 Å². The molecule has 1 unspecified atom stereocenters. The highest BCUT2D eigenvalue weighted by atomic mass is 32.2. The third-order valence-corrected chi connectivity index (χ3v) is 5.04. The Morgan fingerprint density at radius 3 is 2.78 bits per heavy atom. The van der Waals surface area contributed by atoms with E-state index in [0.29, 0.717) is 18.8 Å². The lowest BCUT2D eigenvalue weighted by atomic mass is 10.1. The van der Waals surface area contributed by atoms with Crippen molar-refractivity contribution < 1.29 is 8.42 Å². The van der Waals surface area contributed by atoms with E-state index in [1.807, 2.05) is 0 Å². The van der Waals surface area contributed by atoms with Crippen molar-refractivity contribution in [3.8, 4) is 0 Å². The molecule has 1 saturated heterocycles. The zero-order chi connectivity index (χ0) is 13.2. The predicted octanol–water partition coefficient (Wildman–Crippen LogP) is 0.287. The van der Waals surface area contributed by atoms with Gasteiger partial charge in [-0.2, -0.15) is 9.40 Å². The van der Waals surface area contributed by atoms with E-state index in [-0.39, 0.29) is 11.1 Å². The normalized spacial score (nSPS) is 22.0. The lowest BCUT2D eigenvalue weighted by Crippen LogP contribution is -2.47. The number of hydrogen-bond acceptors (Lipinski definition) is 5. The summed E-state index contributed by atoms with van der Waals surface area (Å²) in [7, 11) is -3.56. The molecule has 2 rings (SSSR count). The Morgan fingerprint density at radius 2 is 2.17 bits per heavy atom. The van der Waals surface area contributed by atoms with Crippen molar-refractivity contribution >= 4 is 10.0 Å². The number of aromatic nitrogens is 2. The molecule has 0 radical (unpaired) electrons. The first kappa shape index (κ1) is 13.4. The molecule has 0 aliphatic carbocycles. The molecule has 0 amide bonds. The maximum absolute atomic E-state index is 12.4. The molecule has 1 aliphatic heterocycles. The Balaban J connectivity index is 2.32. The molecule has 1 aliphatic rings. The fraction of sp³-hybridized carbons (Fsp3) is 0.636. The fourth-order valence-electron chi connectivity index (χ4n) is 2.17. The Bertz CT molecular complexity index is 500. The molecule has 2 heterocycles. The van der Waals surface area contributed by atoms with E-state index in [1.165, 1.54) is 10.4 Å². The van der Waals surface area contributed by atoms with E-state index in [9.17, 15) is 8.42 Å². The molecular formula is C11H18N4O2S. The van der Waals surface area contributed by atoms with E-state index >= 15 is 0 Å². The van der Waals surface area contributed by atoms with Crippen LogP contribution in [-0.4, -0.2) is 42.1 Å². The lowest BCUT2D eigenvalue weighted by molar-refractivity contribution is 0.256. The van der Waals surface area contributed by atoms with Gasteiger partial charge in [-0.1, -0.05) is 6.42 Å². The molecule has 7 heteroatoms. The van der Waals surface area contributed by atoms with Gasteiger partial charge in [-0.05, 0) is 31.9 Å². The maximum Gasteiger partial charge on any atom is 0.262 e. The molecule has 2 N–H and O–H groups in total. The first-order valence-electron chi connectivity index (χ1n) is 6.08. The average molecular weight is 270 g/mol. The van der Waals surface area contributed by atoms with Crippen LogP contribution >= 0.6 is 0 Å². The van der Waals surface area contributed by atoms with Crippen LogP contribution in [0.15, 0.2) is 17.2 Å². The quantitative estimate of drug-likeness (QED) is 0.852. The zero-order valence-electron chi connectivity index (χ0n) is 10.4. The highest BCUT2D eigenvalue weighted by Gasteiger charge is 2.33. The SMILES string of the molecule is Cc1ccc(S(=O)(=O)N2CCCCC2CN)nn1. The summed E-state index contributed by atoms with van der Waals surface area (Å²) in [6.07, 6.45) is 2.71. The summed E-state index contributed by atoms with van der Waals surface area (Å²) < 4.78 is 26.3. The second kappa shape index (κ2) is 5.29. The zero-order valence-corrected chi connectivity index (χ0v) is 11.2. The van der Waals surface area contributed by atoms with Crippen LogP contribution in [0, 0.1) is 6.92 Å². The van der Waals surface area contributed by atoms with Crippen LogP contribution in [0.5, 0.6) is 0 Å². The van der Waals surface area contributed by atoms with Gasteiger partial charge in [-0.25, -0.2) is 8.42 Å². The van der Waals surface area contributed by atoms with Crippen molar-refractivity contribution in [3.05, 3.63) is 17.8 Å². The second-order valence-corrected chi connectivity index (χ2v) is 6.35. The van der Waals surface area contributed by atoms with Gasteiger partial charge in [0.2, 0.25) is 0 Å². The average Bonchev–Trinajstić information content (AvgIpc) is 2.39. The van der Waals surface area contributed by atoms with Crippen LogP contribution in [0.4, 0.5) is 0 Å². The van der Waals surface area contributed by atoms with Crippen molar-refractivity contribution in [3.63, 3.8) is 0 Å². The van der Waals surface area contributed by atoms with Gasteiger partial charge in [0.05, 0.1) is 5.69 Å². The number of sulfonamides is 1. The third kappa shape index (κ3) is 2.52. The van der Waals surface area contributed by atoms with Crippen LogP contribution in [0.1, 0.15) is 25.0 Å². The minimum atomic E-state index is -3.56. The smallest absolute Gasteiger partial charge is 0.262 e. The molecule has 6 nitrogen and oxygen atoms in total. The summed E-state index contributed by atoms with van der Waals surface area (Å²) >= 11 is 0. The molecule has 18 heavy (non-hydrogen) atoms. The minimum Gasteiger partial charge on any atom is -0.329 e. The molecule has 100 valence electrons. The predicted molar refractivity (Wildman–Crippen MR) is 67.4 cm³/mol. The molecule has 1 aromatic rings. The topological polar surface area (TPSA) is 89.2 Å². The maximum atomic E-state index is 12.4. The van der Waals surface area contributed by atoms with Crippen LogP contribution in [0.2, 0.25) is 0 Å². The third-order valence-electron chi connectivity index (χ3n) is 3.19. The van der Waals surface area contributed by atoms with Gasteiger partial charge in [0.15, 0.2) is 5.03 Å². The van der Waals surface area contributed by atoms with Gasteiger partial charge < -0.3 is 5.73 Å². The molecule has 0 saturated carbocycles. The summed E-state index contributed by atoms with van der Waals surface area (Å²) in [5.74, 6) is 0. The summed E-state index contributed by atoms with van der Waals surface area (Å²) in [5.41, 5.74) is 6.35. The van der Waals surface area contributed by atoms with Crippen molar-refractivity contribution in [2.75, 3.05) is 13.1 Å². The first-order chi connectivity index (χ1) is 8.55. The molecule has 0 aromatic carbocycles. The van der Waals surface area contributed by atoms with Crippen LogP contribution < -0.4 is 5.73 Å². The van der Waals surface area contributed by atoms with Gasteiger partial charge in [0.1, 0.15) is 0 Å². The molecule has 1 atom stereocenters. The van der Waals surface area contributed by atoms with Crippen molar-refractivity contribution in [2.24, 2.45) is 5.73 Å². The molecule has 1 fully saturated rings.